The number of aromatic nitrogens is 1. The summed E-state index contributed by atoms with van der Waals surface area (Å²) in [5.41, 5.74) is 2.26. The summed E-state index contributed by atoms with van der Waals surface area (Å²) in [4.78, 5) is 16.0. The van der Waals surface area contributed by atoms with E-state index < -0.39 is 0 Å². The van der Waals surface area contributed by atoms with E-state index in [0.717, 1.165) is 31.3 Å². The summed E-state index contributed by atoms with van der Waals surface area (Å²) >= 11 is 1.72. The topological polar surface area (TPSA) is 54.0 Å². The molecule has 5 heteroatoms. The molecular weight excluding hydrogens is 282 g/mol. The maximum Gasteiger partial charge on any atom is 0.220 e. The number of carbonyl (C=O) groups excluding carboxylic acids is 1. The van der Waals surface area contributed by atoms with Crippen molar-refractivity contribution in [3.63, 3.8) is 0 Å². The molecule has 1 fully saturated rings. The van der Waals surface area contributed by atoms with E-state index in [2.05, 4.69) is 34.0 Å². The number of hydrogen-bond donors (Lipinski definition) is 2. The Kier molecular flexibility index (Phi) is 4.51. The zero-order valence-corrected chi connectivity index (χ0v) is 13.1. The van der Waals surface area contributed by atoms with E-state index in [1.165, 1.54) is 10.3 Å². The fraction of sp³-hybridized carbons (Fsp3) is 0.500. The molecule has 0 aromatic carbocycles. The second kappa shape index (κ2) is 6.54. The van der Waals surface area contributed by atoms with Crippen molar-refractivity contribution in [2.24, 2.45) is 0 Å². The molecule has 21 heavy (non-hydrogen) atoms. The van der Waals surface area contributed by atoms with Crippen molar-refractivity contribution in [2.45, 2.75) is 44.7 Å². The Morgan fingerprint density at radius 3 is 3.19 bits per heavy atom. The number of nitrogens with zero attached hydrogens (tertiary/aromatic N) is 1. The van der Waals surface area contributed by atoms with Gasteiger partial charge in [0.15, 0.2) is 0 Å². The molecule has 1 aliphatic carbocycles. The van der Waals surface area contributed by atoms with Gasteiger partial charge in [0.1, 0.15) is 0 Å². The average Bonchev–Trinajstić information content (AvgIpc) is 3.16. The van der Waals surface area contributed by atoms with E-state index in [1.54, 1.807) is 11.3 Å². The van der Waals surface area contributed by atoms with Crippen molar-refractivity contribution in [3.8, 4) is 0 Å². The molecular formula is C16H21N3OS. The number of thiophene rings is 1. The lowest BCUT2D eigenvalue weighted by Gasteiger charge is -2.14. The Morgan fingerprint density at radius 2 is 2.38 bits per heavy atom. The van der Waals surface area contributed by atoms with Crippen LogP contribution in [-0.4, -0.2) is 23.5 Å². The molecule has 0 aliphatic heterocycles. The number of carbonyl (C=O) groups is 1. The molecule has 1 unspecified atom stereocenters. The van der Waals surface area contributed by atoms with Crippen LogP contribution in [-0.2, 0) is 4.79 Å². The minimum atomic E-state index is 0.189. The van der Waals surface area contributed by atoms with Gasteiger partial charge in [-0.25, -0.2) is 0 Å². The van der Waals surface area contributed by atoms with E-state index in [0.29, 0.717) is 12.5 Å². The normalized spacial score (nSPS) is 16.0. The number of fused-ring (bicyclic) bond motifs is 1. The first-order chi connectivity index (χ1) is 10.2. The lowest BCUT2D eigenvalue weighted by molar-refractivity contribution is -0.121. The number of amides is 1. The molecule has 3 rings (SSSR count). The second-order valence-electron chi connectivity index (χ2n) is 5.69. The lowest BCUT2D eigenvalue weighted by atomic mass is 10.1. The Bertz CT molecular complexity index is 621. The standard InChI is InChI=1S/C16H21N3OS/c1-11(12-9-15-14(18-10-12)6-8-21-15)17-7-2-3-16(20)19-13-4-5-13/h6,8-11,13,17H,2-5,7H2,1H3,(H,19,20). The van der Waals surface area contributed by atoms with E-state index in [-0.39, 0.29) is 11.9 Å². The van der Waals surface area contributed by atoms with Crippen LogP contribution in [0.15, 0.2) is 23.7 Å². The molecule has 2 N–H and O–H groups in total. The molecule has 1 amide bonds. The summed E-state index contributed by atoms with van der Waals surface area (Å²) in [6.45, 7) is 2.99. The Balaban J connectivity index is 1.42. The molecule has 1 aliphatic rings. The molecule has 0 bridgehead atoms. The summed E-state index contributed by atoms with van der Waals surface area (Å²) in [6.07, 6.45) is 5.72. The Labute approximate surface area is 129 Å². The largest absolute Gasteiger partial charge is 0.353 e. The highest BCUT2D eigenvalue weighted by Crippen LogP contribution is 2.22. The SMILES string of the molecule is CC(NCCCC(=O)NC1CC1)c1cnc2ccsc2c1. The minimum Gasteiger partial charge on any atom is -0.353 e. The van der Waals surface area contributed by atoms with Gasteiger partial charge in [0.05, 0.1) is 10.2 Å². The maximum absolute atomic E-state index is 11.6. The van der Waals surface area contributed by atoms with Crippen molar-refractivity contribution < 1.29 is 4.79 Å². The van der Waals surface area contributed by atoms with Gasteiger partial charge >= 0.3 is 0 Å². The predicted octanol–water partition coefficient (Wildman–Crippen LogP) is 3.01. The lowest BCUT2D eigenvalue weighted by Crippen LogP contribution is -2.27. The first-order valence-electron chi connectivity index (χ1n) is 7.58. The molecule has 2 aromatic heterocycles. The fourth-order valence-corrected chi connectivity index (χ4v) is 3.10. The summed E-state index contributed by atoms with van der Waals surface area (Å²) < 4.78 is 1.23. The smallest absolute Gasteiger partial charge is 0.220 e. The van der Waals surface area contributed by atoms with Gasteiger partial charge in [-0.3, -0.25) is 9.78 Å². The third kappa shape index (κ3) is 4.02. The third-order valence-corrected chi connectivity index (χ3v) is 4.65. The van der Waals surface area contributed by atoms with Crippen molar-refractivity contribution in [1.82, 2.24) is 15.6 Å². The zero-order valence-electron chi connectivity index (χ0n) is 12.3. The molecule has 2 heterocycles. The van der Waals surface area contributed by atoms with Crippen LogP contribution >= 0.6 is 11.3 Å². The van der Waals surface area contributed by atoms with Crippen LogP contribution < -0.4 is 10.6 Å². The van der Waals surface area contributed by atoms with Crippen LogP contribution in [0.4, 0.5) is 0 Å². The van der Waals surface area contributed by atoms with Gasteiger partial charge in [-0.1, -0.05) is 0 Å². The monoisotopic (exact) mass is 303 g/mol. The van der Waals surface area contributed by atoms with Gasteiger partial charge in [0, 0.05) is 24.7 Å². The van der Waals surface area contributed by atoms with Gasteiger partial charge < -0.3 is 10.6 Å². The Morgan fingerprint density at radius 1 is 1.52 bits per heavy atom. The summed E-state index contributed by atoms with van der Waals surface area (Å²) in [7, 11) is 0. The number of pyridine rings is 1. The molecule has 2 aromatic rings. The van der Waals surface area contributed by atoms with Crippen molar-refractivity contribution >= 4 is 27.5 Å². The molecule has 1 atom stereocenters. The quantitative estimate of drug-likeness (QED) is 0.773. The molecule has 1 saturated carbocycles. The average molecular weight is 303 g/mol. The van der Waals surface area contributed by atoms with Gasteiger partial charge in [0.25, 0.3) is 0 Å². The van der Waals surface area contributed by atoms with E-state index in [9.17, 15) is 4.79 Å². The van der Waals surface area contributed by atoms with E-state index in [4.69, 9.17) is 0 Å². The summed E-state index contributed by atoms with van der Waals surface area (Å²) in [6, 6.07) is 4.97. The van der Waals surface area contributed by atoms with E-state index in [1.807, 2.05) is 12.3 Å². The predicted molar refractivity (Wildman–Crippen MR) is 86.4 cm³/mol. The fourth-order valence-electron chi connectivity index (χ4n) is 2.31. The van der Waals surface area contributed by atoms with Crippen LogP contribution in [0.5, 0.6) is 0 Å². The van der Waals surface area contributed by atoms with Crippen molar-refractivity contribution in [2.75, 3.05) is 6.54 Å². The highest BCUT2D eigenvalue weighted by molar-refractivity contribution is 7.17. The number of rotatable bonds is 7. The third-order valence-electron chi connectivity index (χ3n) is 3.80. The molecule has 0 saturated heterocycles. The molecule has 0 radical (unpaired) electrons. The highest BCUT2D eigenvalue weighted by atomic mass is 32.1. The number of hydrogen-bond acceptors (Lipinski definition) is 4. The first kappa shape index (κ1) is 14.5. The minimum absolute atomic E-state index is 0.189. The van der Waals surface area contributed by atoms with Crippen LogP contribution in [0, 0.1) is 0 Å². The summed E-state index contributed by atoms with van der Waals surface area (Å²) in [5.74, 6) is 0.189. The summed E-state index contributed by atoms with van der Waals surface area (Å²) in [5, 5.41) is 8.55. The van der Waals surface area contributed by atoms with Gasteiger partial charge in [-0.05, 0) is 55.8 Å². The van der Waals surface area contributed by atoms with Crippen LogP contribution in [0.1, 0.15) is 44.2 Å². The Hall–Kier alpha value is -1.46. The maximum atomic E-state index is 11.6. The van der Waals surface area contributed by atoms with Crippen molar-refractivity contribution in [1.29, 1.82) is 0 Å². The van der Waals surface area contributed by atoms with Crippen LogP contribution in [0.3, 0.4) is 0 Å². The van der Waals surface area contributed by atoms with Crippen LogP contribution in [0.2, 0.25) is 0 Å². The molecule has 4 nitrogen and oxygen atoms in total. The highest BCUT2D eigenvalue weighted by Gasteiger charge is 2.22. The van der Waals surface area contributed by atoms with E-state index >= 15 is 0 Å². The first-order valence-corrected chi connectivity index (χ1v) is 8.46. The number of nitrogens with one attached hydrogen (secondary N) is 2. The second-order valence-corrected chi connectivity index (χ2v) is 6.64. The van der Waals surface area contributed by atoms with Crippen LogP contribution in [0.25, 0.3) is 10.2 Å². The molecule has 0 spiro atoms. The zero-order chi connectivity index (χ0) is 14.7. The van der Waals surface area contributed by atoms with Gasteiger partial charge in [-0.2, -0.15) is 0 Å². The van der Waals surface area contributed by atoms with Gasteiger partial charge in [-0.15, -0.1) is 11.3 Å². The van der Waals surface area contributed by atoms with Crippen molar-refractivity contribution in [3.05, 3.63) is 29.3 Å². The molecule has 112 valence electrons. The van der Waals surface area contributed by atoms with Gasteiger partial charge in [0.2, 0.25) is 5.91 Å².